The molecule has 0 saturated carbocycles. The maximum Gasteiger partial charge on any atom is 0.410 e. The van der Waals surface area contributed by atoms with E-state index in [4.69, 9.17) is 18.9 Å². The molecular weight excluding hydrogens is 632 g/mol. The van der Waals surface area contributed by atoms with Gasteiger partial charge >= 0.3 is 12.1 Å². The Morgan fingerprint density at radius 3 is 2.61 bits per heavy atom. The quantitative estimate of drug-likeness (QED) is 0.0969. The molecule has 3 heterocycles. The highest BCUT2D eigenvalue weighted by atomic mass is 16.6. The average Bonchev–Trinajstić information content (AvgIpc) is 3.81. The van der Waals surface area contributed by atoms with Crippen molar-refractivity contribution >= 4 is 12.1 Å². The Morgan fingerprint density at radius 1 is 1.27 bits per heavy atom. The zero-order valence-electron chi connectivity index (χ0n) is 30.6. The first-order chi connectivity index (χ1) is 23.1. The van der Waals surface area contributed by atoms with Crippen molar-refractivity contribution in [2.75, 3.05) is 45.9 Å². The zero-order valence-corrected chi connectivity index (χ0v) is 30.6. The lowest BCUT2D eigenvalue weighted by Crippen LogP contribution is -2.47. The van der Waals surface area contributed by atoms with Gasteiger partial charge in [0.2, 0.25) is 0 Å². The maximum absolute atomic E-state index is 13.3. The summed E-state index contributed by atoms with van der Waals surface area (Å²) in [6.07, 6.45) is 5.55. The van der Waals surface area contributed by atoms with Gasteiger partial charge in [-0.25, -0.2) is 4.79 Å². The first-order valence-corrected chi connectivity index (χ1v) is 18.0. The van der Waals surface area contributed by atoms with E-state index in [1.807, 2.05) is 34.6 Å². The van der Waals surface area contributed by atoms with Crippen LogP contribution in [0.3, 0.4) is 0 Å². The number of esters is 1. The minimum Gasteiger partial charge on any atom is -0.457 e. The Bertz CT molecular complexity index is 1150. The minimum atomic E-state index is -1.51. The number of carbonyl (C=O) groups excluding carboxylic acids is 2. The highest BCUT2D eigenvalue weighted by molar-refractivity contribution is 5.70. The summed E-state index contributed by atoms with van der Waals surface area (Å²) in [5.74, 6) is -0.972. The summed E-state index contributed by atoms with van der Waals surface area (Å²) >= 11 is 0. The van der Waals surface area contributed by atoms with Crippen molar-refractivity contribution in [2.24, 2.45) is 11.8 Å². The normalized spacial score (nSPS) is 33.8. The number of carbonyl (C=O) groups is 2. The third kappa shape index (κ3) is 13.1. The second-order valence-corrected chi connectivity index (χ2v) is 14.6. The van der Waals surface area contributed by atoms with Crippen LogP contribution < -0.4 is 0 Å². The van der Waals surface area contributed by atoms with Gasteiger partial charge in [-0.15, -0.1) is 0 Å². The molecular formula is C37H62N2O10. The van der Waals surface area contributed by atoms with Crippen molar-refractivity contribution in [3.05, 3.63) is 36.0 Å². The first-order valence-electron chi connectivity index (χ1n) is 18.0. The first kappa shape index (κ1) is 41.1. The van der Waals surface area contributed by atoms with Gasteiger partial charge in [0.05, 0.1) is 49.7 Å². The second-order valence-electron chi connectivity index (χ2n) is 14.6. The smallest absolute Gasteiger partial charge is 0.410 e. The molecule has 0 radical (unpaired) electrons. The highest BCUT2D eigenvalue weighted by Gasteiger charge is 2.47. The van der Waals surface area contributed by atoms with E-state index < -0.39 is 53.6 Å². The number of aliphatic hydroxyl groups is 4. The summed E-state index contributed by atoms with van der Waals surface area (Å²) in [4.78, 5) is 30.1. The van der Waals surface area contributed by atoms with E-state index in [9.17, 15) is 30.0 Å². The zero-order chi connectivity index (χ0) is 36.4. The molecule has 0 bridgehead atoms. The van der Waals surface area contributed by atoms with Crippen molar-refractivity contribution in [1.82, 2.24) is 9.80 Å². The van der Waals surface area contributed by atoms with Crippen molar-refractivity contribution < 1.29 is 49.0 Å². The summed E-state index contributed by atoms with van der Waals surface area (Å²) in [7, 11) is 0. The molecule has 0 spiro atoms. The minimum absolute atomic E-state index is 0.0153. The maximum atomic E-state index is 13.3. The van der Waals surface area contributed by atoms with Crippen molar-refractivity contribution in [2.45, 2.75) is 128 Å². The summed E-state index contributed by atoms with van der Waals surface area (Å²) in [5.41, 5.74) is -1.97. The van der Waals surface area contributed by atoms with Gasteiger partial charge in [0.1, 0.15) is 11.7 Å². The Labute approximate surface area is 292 Å². The van der Waals surface area contributed by atoms with Crippen LogP contribution in [-0.4, -0.2) is 136 Å². The van der Waals surface area contributed by atoms with Gasteiger partial charge in [-0.05, 0) is 58.6 Å². The molecule has 3 rings (SSSR count). The lowest BCUT2D eigenvalue weighted by Gasteiger charge is -2.34. The molecule has 280 valence electrons. The molecule has 0 aliphatic carbocycles. The monoisotopic (exact) mass is 694 g/mol. The number of hydrogen-bond donors (Lipinski definition) is 4. The summed E-state index contributed by atoms with van der Waals surface area (Å²) in [5, 5.41) is 43.3. The van der Waals surface area contributed by atoms with E-state index in [-0.39, 0.29) is 37.4 Å². The van der Waals surface area contributed by atoms with Gasteiger partial charge in [0.25, 0.3) is 0 Å². The molecule has 10 atom stereocenters. The van der Waals surface area contributed by atoms with Gasteiger partial charge in [-0.2, -0.15) is 0 Å². The van der Waals surface area contributed by atoms with Crippen LogP contribution >= 0.6 is 0 Å². The van der Waals surface area contributed by atoms with Crippen LogP contribution in [0.2, 0.25) is 0 Å². The number of amides is 1. The Morgan fingerprint density at radius 2 is 1.96 bits per heavy atom. The number of hydrogen-bond acceptors (Lipinski definition) is 11. The van der Waals surface area contributed by atoms with E-state index in [0.717, 1.165) is 13.1 Å². The molecule has 12 heteroatoms. The van der Waals surface area contributed by atoms with Gasteiger partial charge in [0, 0.05) is 51.0 Å². The number of nitrogens with zero attached hydrogens (tertiary/aromatic N) is 2. The largest absolute Gasteiger partial charge is 0.457 e. The standard InChI is InChI=1S/C37H62N2O10/c1-8-29(41)27(5)34-30(47-34)24-36(6,44)15-10-11-25(3)33-26(4)12-13-31(37(7,45)16-14-28(40)23-32(42)49-33)48-35(43)39(9-2)18-17-38-19-21-46-22-20-38/h10-13,15,26-31,33-34,40-41,44-45H,8-9,14,16-24H2,1-7H3/b13-12-,15-10+,25-11+. The fraction of sp³-hybridized carbons (Fsp3) is 0.784. The molecule has 12 nitrogen and oxygen atoms in total. The topological polar surface area (TPSA) is 162 Å². The van der Waals surface area contributed by atoms with Gasteiger partial charge < -0.3 is 44.3 Å². The van der Waals surface area contributed by atoms with Crippen molar-refractivity contribution in [3.8, 4) is 0 Å². The predicted octanol–water partition coefficient (Wildman–Crippen LogP) is 3.36. The van der Waals surface area contributed by atoms with E-state index >= 15 is 0 Å². The molecule has 49 heavy (non-hydrogen) atoms. The number of aliphatic hydroxyl groups excluding tert-OH is 2. The van der Waals surface area contributed by atoms with Crippen LogP contribution in [0.4, 0.5) is 4.79 Å². The molecule has 0 aromatic carbocycles. The molecule has 0 aromatic heterocycles. The number of rotatable bonds is 13. The second kappa shape index (κ2) is 18.8. The van der Waals surface area contributed by atoms with Crippen molar-refractivity contribution in [1.29, 1.82) is 0 Å². The molecule has 1 amide bonds. The fourth-order valence-electron chi connectivity index (χ4n) is 6.45. The van der Waals surface area contributed by atoms with E-state index in [1.165, 1.54) is 0 Å². The van der Waals surface area contributed by atoms with Crippen LogP contribution in [0.1, 0.15) is 80.6 Å². The Balaban J connectivity index is 1.73. The predicted molar refractivity (Wildman–Crippen MR) is 186 cm³/mol. The molecule has 3 aliphatic rings. The lowest BCUT2D eigenvalue weighted by molar-refractivity contribution is -0.151. The van der Waals surface area contributed by atoms with Gasteiger partial charge in [0.15, 0.2) is 6.10 Å². The summed E-state index contributed by atoms with van der Waals surface area (Å²) in [6.45, 7) is 17.3. The molecule has 2 saturated heterocycles. The summed E-state index contributed by atoms with van der Waals surface area (Å²) in [6, 6.07) is 0. The molecule has 3 aliphatic heterocycles. The molecule has 2 fully saturated rings. The fourth-order valence-corrected chi connectivity index (χ4v) is 6.45. The van der Waals surface area contributed by atoms with Crippen LogP contribution in [0, 0.1) is 11.8 Å². The molecule has 4 N–H and O–H groups in total. The highest BCUT2D eigenvalue weighted by Crippen LogP contribution is 2.37. The van der Waals surface area contributed by atoms with E-state index in [2.05, 4.69) is 4.90 Å². The Hall–Kier alpha value is -2.32. The third-order valence-corrected chi connectivity index (χ3v) is 10.0. The summed E-state index contributed by atoms with van der Waals surface area (Å²) < 4.78 is 23.0. The number of allylic oxidation sites excluding steroid dienone is 2. The number of likely N-dealkylation sites (N-methyl/N-ethyl adjacent to an activating group) is 1. The number of epoxide rings is 1. The molecule has 10 unspecified atom stereocenters. The van der Waals surface area contributed by atoms with Crippen LogP contribution in [0.15, 0.2) is 36.0 Å². The van der Waals surface area contributed by atoms with Gasteiger partial charge in [-0.1, -0.05) is 45.1 Å². The van der Waals surface area contributed by atoms with E-state index in [1.54, 1.807) is 49.1 Å². The van der Waals surface area contributed by atoms with Crippen LogP contribution in [0.5, 0.6) is 0 Å². The van der Waals surface area contributed by atoms with Crippen molar-refractivity contribution in [3.63, 3.8) is 0 Å². The van der Waals surface area contributed by atoms with Crippen LogP contribution in [0.25, 0.3) is 0 Å². The number of ether oxygens (including phenoxy) is 4. The lowest BCUT2D eigenvalue weighted by atomic mass is 9.88. The number of morpholine rings is 1. The van der Waals surface area contributed by atoms with Crippen LogP contribution in [-0.2, 0) is 23.7 Å². The van der Waals surface area contributed by atoms with E-state index in [0.29, 0.717) is 51.3 Å². The van der Waals surface area contributed by atoms with Gasteiger partial charge in [-0.3, -0.25) is 9.69 Å². The average molecular weight is 695 g/mol. The third-order valence-electron chi connectivity index (χ3n) is 10.0. The SMILES string of the molecule is CCC(O)C(C)C1OC1CC(C)(O)/C=C/C=C(\C)C1OC(=O)CC(O)CCC(C)(O)C(OC(=O)N(CC)CCN2CCOCC2)/C=C\C1C. The Kier molecular flexibility index (Phi) is 15.8. The molecule has 0 aromatic rings. The number of cyclic esters (lactones) is 1.